The fraction of sp³-hybridized carbons (Fsp3) is 0.933. The molecule has 0 unspecified atom stereocenters. The highest BCUT2D eigenvalue weighted by molar-refractivity contribution is 5.69. The molecule has 0 saturated carbocycles. The third-order valence-corrected chi connectivity index (χ3v) is 6.78. The van der Waals surface area contributed by atoms with Crippen LogP contribution in [0.15, 0.2) is 0 Å². The first-order valence-electron chi connectivity index (χ1n) is 14.9. The molecular weight excluding hydrogens is 440 g/mol. The van der Waals surface area contributed by atoms with Gasteiger partial charge in [0, 0.05) is 25.7 Å². The maximum atomic E-state index is 11.9. The highest BCUT2D eigenvalue weighted by Crippen LogP contribution is 2.16. The van der Waals surface area contributed by atoms with Gasteiger partial charge in [-0.05, 0) is 19.8 Å². The van der Waals surface area contributed by atoms with Gasteiger partial charge in [0.1, 0.15) is 0 Å². The Bertz CT molecular complexity index is 447. The van der Waals surface area contributed by atoms with E-state index in [0.29, 0.717) is 25.7 Å². The van der Waals surface area contributed by atoms with Gasteiger partial charge in [0.15, 0.2) is 0 Å². The lowest BCUT2D eigenvalue weighted by atomic mass is 9.99. The maximum Gasteiger partial charge on any atom is 0.305 e. The standard InChI is InChI=1S/C30H58O5/c1-4-6-8-10-12-14-16-18-20-22-28(31)34-26-24-30(3,33)25-27-35-29(32)23-21-19-17-15-13-11-9-7-5-2/h33H,4-27H2,1-3H3. The van der Waals surface area contributed by atoms with E-state index in [-0.39, 0.29) is 25.2 Å². The molecule has 0 spiro atoms. The second-order valence-electron chi connectivity index (χ2n) is 10.6. The summed E-state index contributed by atoms with van der Waals surface area (Å²) in [6.45, 7) is 6.58. The Morgan fingerprint density at radius 1 is 0.543 bits per heavy atom. The Morgan fingerprint density at radius 3 is 1.14 bits per heavy atom. The maximum absolute atomic E-state index is 11.9. The van der Waals surface area contributed by atoms with Crippen LogP contribution in [0, 0.1) is 0 Å². The van der Waals surface area contributed by atoms with Crippen LogP contribution in [-0.2, 0) is 19.1 Å². The van der Waals surface area contributed by atoms with Crippen LogP contribution in [0.5, 0.6) is 0 Å². The average Bonchev–Trinajstić information content (AvgIpc) is 2.81. The van der Waals surface area contributed by atoms with Crippen molar-refractivity contribution in [2.45, 2.75) is 168 Å². The summed E-state index contributed by atoms with van der Waals surface area (Å²) in [5, 5.41) is 10.5. The van der Waals surface area contributed by atoms with Gasteiger partial charge in [0.25, 0.3) is 0 Å². The first-order chi connectivity index (χ1) is 16.9. The molecule has 0 atom stereocenters. The summed E-state index contributed by atoms with van der Waals surface area (Å²) < 4.78 is 10.6. The molecule has 0 aliphatic heterocycles. The van der Waals surface area contributed by atoms with Gasteiger partial charge in [0.05, 0.1) is 18.8 Å². The second kappa shape index (κ2) is 24.6. The predicted octanol–water partition coefficient (Wildman–Crippen LogP) is 8.45. The molecule has 0 radical (unpaired) electrons. The molecule has 0 aromatic heterocycles. The summed E-state index contributed by atoms with van der Waals surface area (Å²) in [7, 11) is 0. The van der Waals surface area contributed by atoms with Crippen LogP contribution in [0.1, 0.15) is 162 Å². The summed E-state index contributed by atoms with van der Waals surface area (Å²) in [5.74, 6) is -0.368. The van der Waals surface area contributed by atoms with Crippen molar-refractivity contribution in [2.75, 3.05) is 13.2 Å². The highest BCUT2D eigenvalue weighted by Gasteiger charge is 2.21. The Labute approximate surface area is 217 Å². The molecule has 0 heterocycles. The van der Waals surface area contributed by atoms with Crippen LogP contribution < -0.4 is 0 Å². The Kier molecular flexibility index (Phi) is 23.8. The molecule has 0 aliphatic carbocycles. The molecule has 0 amide bonds. The van der Waals surface area contributed by atoms with Crippen molar-refractivity contribution < 1.29 is 24.2 Å². The molecule has 0 bridgehead atoms. The van der Waals surface area contributed by atoms with Crippen molar-refractivity contribution in [1.82, 2.24) is 0 Å². The van der Waals surface area contributed by atoms with E-state index in [0.717, 1.165) is 25.7 Å². The fourth-order valence-electron chi connectivity index (χ4n) is 4.20. The lowest BCUT2D eigenvalue weighted by molar-refractivity contribution is -0.146. The van der Waals surface area contributed by atoms with E-state index < -0.39 is 5.60 Å². The molecule has 208 valence electrons. The molecule has 0 saturated heterocycles. The van der Waals surface area contributed by atoms with Crippen LogP contribution in [0.4, 0.5) is 0 Å². The van der Waals surface area contributed by atoms with Crippen LogP contribution >= 0.6 is 0 Å². The molecule has 0 aliphatic rings. The van der Waals surface area contributed by atoms with E-state index in [4.69, 9.17) is 9.47 Å². The molecule has 0 aromatic rings. The second-order valence-corrected chi connectivity index (χ2v) is 10.6. The van der Waals surface area contributed by atoms with Crippen molar-refractivity contribution in [3.63, 3.8) is 0 Å². The average molecular weight is 499 g/mol. The Morgan fingerprint density at radius 2 is 0.829 bits per heavy atom. The summed E-state index contributed by atoms with van der Waals surface area (Å²) in [6, 6.07) is 0. The number of unbranched alkanes of at least 4 members (excludes halogenated alkanes) is 16. The van der Waals surface area contributed by atoms with Crippen LogP contribution in [-0.4, -0.2) is 35.9 Å². The van der Waals surface area contributed by atoms with E-state index in [2.05, 4.69) is 13.8 Å². The predicted molar refractivity (Wildman–Crippen MR) is 145 cm³/mol. The van der Waals surface area contributed by atoms with Crippen LogP contribution in [0.2, 0.25) is 0 Å². The van der Waals surface area contributed by atoms with Gasteiger partial charge in [-0.2, -0.15) is 0 Å². The number of carbonyl (C=O) groups excluding carboxylic acids is 2. The largest absolute Gasteiger partial charge is 0.466 e. The number of aliphatic hydroxyl groups is 1. The van der Waals surface area contributed by atoms with E-state index in [1.165, 1.54) is 89.9 Å². The SMILES string of the molecule is CCCCCCCCCCCC(=O)OCCC(C)(O)CCOC(=O)CCCCCCCCCCC. The zero-order chi connectivity index (χ0) is 26.0. The van der Waals surface area contributed by atoms with E-state index in [1.807, 2.05) is 0 Å². The number of esters is 2. The highest BCUT2D eigenvalue weighted by atomic mass is 16.5. The van der Waals surface area contributed by atoms with Crippen LogP contribution in [0.3, 0.4) is 0 Å². The smallest absolute Gasteiger partial charge is 0.305 e. The molecular formula is C30H58O5. The van der Waals surface area contributed by atoms with Gasteiger partial charge in [-0.1, -0.05) is 117 Å². The van der Waals surface area contributed by atoms with Crippen molar-refractivity contribution in [2.24, 2.45) is 0 Å². The molecule has 1 N–H and O–H groups in total. The molecule has 35 heavy (non-hydrogen) atoms. The number of hydrogen-bond donors (Lipinski definition) is 1. The summed E-state index contributed by atoms with van der Waals surface area (Å²) in [4.78, 5) is 23.8. The number of ether oxygens (including phenoxy) is 2. The van der Waals surface area contributed by atoms with E-state index >= 15 is 0 Å². The van der Waals surface area contributed by atoms with Gasteiger partial charge in [0.2, 0.25) is 0 Å². The van der Waals surface area contributed by atoms with Crippen molar-refractivity contribution >= 4 is 11.9 Å². The summed E-state index contributed by atoms with van der Waals surface area (Å²) >= 11 is 0. The lowest BCUT2D eigenvalue weighted by Crippen LogP contribution is -2.29. The number of rotatable bonds is 26. The fourth-order valence-corrected chi connectivity index (χ4v) is 4.20. The van der Waals surface area contributed by atoms with Gasteiger partial charge >= 0.3 is 11.9 Å². The molecule has 5 heteroatoms. The quantitative estimate of drug-likeness (QED) is 0.0956. The zero-order valence-corrected chi connectivity index (χ0v) is 23.6. The monoisotopic (exact) mass is 498 g/mol. The first-order valence-corrected chi connectivity index (χ1v) is 14.9. The van der Waals surface area contributed by atoms with Crippen molar-refractivity contribution in [3.8, 4) is 0 Å². The summed E-state index contributed by atoms with van der Waals surface area (Å²) in [5.41, 5.74) is -1.00. The van der Waals surface area contributed by atoms with Gasteiger partial charge in [-0.25, -0.2) is 0 Å². The Hall–Kier alpha value is -1.10. The minimum absolute atomic E-state index is 0.184. The topological polar surface area (TPSA) is 72.8 Å². The van der Waals surface area contributed by atoms with Crippen molar-refractivity contribution in [3.05, 3.63) is 0 Å². The Balaban J connectivity index is 3.57. The minimum atomic E-state index is -1.00. The van der Waals surface area contributed by atoms with E-state index in [9.17, 15) is 14.7 Å². The number of hydrogen-bond acceptors (Lipinski definition) is 5. The van der Waals surface area contributed by atoms with Crippen molar-refractivity contribution in [1.29, 1.82) is 0 Å². The molecule has 5 nitrogen and oxygen atoms in total. The zero-order valence-electron chi connectivity index (χ0n) is 23.6. The van der Waals surface area contributed by atoms with Gasteiger partial charge in [-0.3, -0.25) is 9.59 Å². The molecule has 0 rings (SSSR count). The molecule has 0 aromatic carbocycles. The summed E-state index contributed by atoms with van der Waals surface area (Å²) in [6.07, 6.45) is 23.6. The van der Waals surface area contributed by atoms with Gasteiger partial charge < -0.3 is 14.6 Å². The van der Waals surface area contributed by atoms with E-state index in [1.54, 1.807) is 6.92 Å². The third-order valence-electron chi connectivity index (χ3n) is 6.78. The normalized spacial score (nSPS) is 11.5. The lowest BCUT2D eigenvalue weighted by Gasteiger charge is -2.22. The minimum Gasteiger partial charge on any atom is -0.466 e. The van der Waals surface area contributed by atoms with Gasteiger partial charge in [-0.15, -0.1) is 0 Å². The molecule has 0 fully saturated rings. The van der Waals surface area contributed by atoms with Crippen LogP contribution in [0.25, 0.3) is 0 Å². The first kappa shape index (κ1) is 33.9. The number of carbonyl (C=O) groups is 2. The third kappa shape index (κ3) is 25.8.